The van der Waals surface area contributed by atoms with Crippen LogP contribution in [0.2, 0.25) is 5.02 Å². The molecule has 1 aliphatic rings. The van der Waals surface area contributed by atoms with Gasteiger partial charge in [0.15, 0.2) is 11.8 Å². The lowest BCUT2D eigenvalue weighted by Gasteiger charge is -2.12. The van der Waals surface area contributed by atoms with Gasteiger partial charge >= 0.3 is 0 Å². The first-order valence-electron chi connectivity index (χ1n) is 12.2. The third-order valence-corrected chi connectivity index (χ3v) is 6.87. The van der Waals surface area contributed by atoms with Crippen LogP contribution in [0, 0.1) is 0 Å². The number of thioether (sulfide) groups is 1. The van der Waals surface area contributed by atoms with E-state index in [1.165, 1.54) is 16.7 Å². The number of nitrogens with one attached hydrogen (secondary N) is 1. The van der Waals surface area contributed by atoms with E-state index in [2.05, 4.69) is 15.5 Å². The fourth-order valence-electron chi connectivity index (χ4n) is 3.71. The van der Waals surface area contributed by atoms with E-state index in [0.717, 1.165) is 5.56 Å². The van der Waals surface area contributed by atoms with Gasteiger partial charge in [-0.3, -0.25) is 14.5 Å². The Morgan fingerprint density at radius 2 is 1.77 bits per heavy atom. The standard InChI is InChI=1S/C30H23ClN4O4S/c31-23-12-14-24(15-13-23)33-28(36)20-39-26-11-5-4-9-22(26)17-27-29(37)35(19-25-10-6-16-38-25)30(40-27)34-32-18-21-7-2-1-3-8-21/h1-18H,19-20H2,(H,33,36)/b27-17-,32-18+,34-30-. The number of halogens is 1. The fraction of sp³-hybridized carbons (Fsp3) is 0.0667. The van der Waals surface area contributed by atoms with Crippen molar-refractivity contribution >= 4 is 58.3 Å². The predicted octanol–water partition coefficient (Wildman–Crippen LogP) is 6.46. The molecule has 5 rings (SSSR count). The summed E-state index contributed by atoms with van der Waals surface area (Å²) in [5, 5.41) is 12.3. The summed E-state index contributed by atoms with van der Waals surface area (Å²) in [6.45, 7) is -0.00565. The molecule has 0 unspecified atom stereocenters. The van der Waals surface area contributed by atoms with Gasteiger partial charge in [-0.15, -0.1) is 5.10 Å². The number of hydrogen-bond donors (Lipinski definition) is 1. The molecule has 10 heteroatoms. The van der Waals surface area contributed by atoms with Crippen molar-refractivity contribution in [3.05, 3.63) is 124 Å². The quantitative estimate of drug-likeness (QED) is 0.142. The number of rotatable bonds is 9. The van der Waals surface area contributed by atoms with Crippen LogP contribution in [-0.2, 0) is 16.1 Å². The van der Waals surface area contributed by atoms with Crippen molar-refractivity contribution in [2.45, 2.75) is 6.54 Å². The molecule has 4 aromatic rings. The van der Waals surface area contributed by atoms with E-state index < -0.39 is 0 Å². The molecular formula is C30H23ClN4O4S. The molecule has 0 saturated carbocycles. The van der Waals surface area contributed by atoms with Gasteiger partial charge in [0.25, 0.3) is 11.8 Å². The Balaban J connectivity index is 1.33. The Bertz CT molecular complexity index is 1570. The smallest absolute Gasteiger partial charge is 0.267 e. The highest BCUT2D eigenvalue weighted by atomic mass is 35.5. The molecule has 8 nitrogen and oxygen atoms in total. The lowest BCUT2D eigenvalue weighted by Crippen LogP contribution is -2.28. The Morgan fingerprint density at radius 3 is 2.55 bits per heavy atom. The highest BCUT2D eigenvalue weighted by molar-refractivity contribution is 8.18. The van der Waals surface area contributed by atoms with Gasteiger partial charge in [-0.05, 0) is 65.9 Å². The summed E-state index contributed by atoms with van der Waals surface area (Å²) in [5.41, 5.74) is 2.14. The molecular weight excluding hydrogens is 548 g/mol. The van der Waals surface area contributed by atoms with Gasteiger partial charge in [-0.25, -0.2) is 0 Å². The number of amidine groups is 1. The summed E-state index contributed by atoms with van der Waals surface area (Å²) in [6.07, 6.45) is 4.90. The average Bonchev–Trinajstić information content (AvgIpc) is 3.59. The number of anilines is 1. The summed E-state index contributed by atoms with van der Waals surface area (Å²) in [4.78, 5) is 27.8. The van der Waals surface area contributed by atoms with Crippen molar-refractivity contribution in [3.8, 4) is 5.75 Å². The fourth-order valence-corrected chi connectivity index (χ4v) is 4.76. The first-order valence-corrected chi connectivity index (χ1v) is 13.4. The van der Waals surface area contributed by atoms with Gasteiger partial charge < -0.3 is 14.5 Å². The number of amides is 2. The first-order chi connectivity index (χ1) is 19.5. The van der Waals surface area contributed by atoms with Gasteiger partial charge in [0.1, 0.15) is 11.5 Å². The number of hydrogen-bond acceptors (Lipinski definition) is 7. The maximum absolute atomic E-state index is 13.4. The molecule has 0 atom stereocenters. The zero-order chi connectivity index (χ0) is 27.7. The number of nitrogens with zero attached hydrogens (tertiary/aromatic N) is 3. The molecule has 1 N–H and O–H groups in total. The minimum absolute atomic E-state index is 0.207. The van der Waals surface area contributed by atoms with Gasteiger partial charge in [-0.2, -0.15) is 5.10 Å². The monoisotopic (exact) mass is 570 g/mol. The Morgan fingerprint density at radius 1 is 1.00 bits per heavy atom. The van der Waals surface area contributed by atoms with Crippen LogP contribution in [0.5, 0.6) is 5.75 Å². The maximum atomic E-state index is 13.4. The van der Waals surface area contributed by atoms with E-state index in [0.29, 0.717) is 37.9 Å². The molecule has 2 amide bonds. The van der Waals surface area contributed by atoms with E-state index >= 15 is 0 Å². The molecule has 0 spiro atoms. The molecule has 200 valence electrons. The second-order valence-corrected chi connectivity index (χ2v) is 9.95. The number of furan rings is 1. The minimum Gasteiger partial charge on any atom is -0.483 e. The molecule has 3 aromatic carbocycles. The predicted molar refractivity (Wildman–Crippen MR) is 158 cm³/mol. The number of ether oxygens (including phenoxy) is 1. The van der Waals surface area contributed by atoms with E-state index in [1.807, 2.05) is 42.5 Å². The van der Waals surface area contributed by atoms with Crippen molar-refractivity contribution in [3.63, 3.8) is 0 Å². The Hall–Kier alpha value is -4.60. The molecule has 0 aliphatic carbocycles. The minimum atomic E-state index is -0.327. The van der Waals surface area contributed by atoms with Crippen LogP contribution in [0.15, 0.2) is 117 Å². The number of benzene rings is 3. The normalized spacial score (nSPS) is 15.3. The van der Waals surface area contributed by atoms with Crippen molar-refractivity contribution in [2.75, 3.05) is 11.9 Å². The van der Waals surface area contributed by atoms with Crippen molar-refractivity contribution in [1.29, 1.82) is 0 Å². The average molecular weight is 571 g/mol. The van der Waals surface area contributed by atoms with Crippen LogP contribution >= 0.6 is 23.4 Å². The maximum Gasteiger partial charge on any atom is 0.267 e. The summed E-state index contributed by atoms with van der Waals surface area (Å²) in [6, 6.07) is 27.1. The van der Waals surface area contributed by atoms with E-state index in [-0.39, 0.29) is 25.0 Å². The summed E-state index contributed by atoms with van der Waals surface area (Å²) < 4.78 is 11.3. The van der Waals surface area contributed by atoms with E-state index in [4.69, 9.17) is 20.8 Å². The van der Waals surface area contributed by atoms with Crippen LogP contribution in [0.4, 0.5) is 5.69 Å². The van der Waals surface area contributed by atoms with Crippen molar-refractivity contribution < 1.29 is 18.7 Å². The second kappa shape index (κ2) is 13.0. The topological polar surface area (TPSA) is 96.5 Å². The summed E-state index contributed by atoms with van der Waals surface area (Å²) >= 11 is 7.10. The lowest BCUT2D eigenvalue weighted by molar-refractivity contribution is -0.122. The molecule has 0 bridgehead atoms. The van der Waals surface area contributed by atoms with Gasteiger partial charge in [0, 0.05) is 16.3 Å². The van der Waals surface area contributed by atoms with Crippen LogP contribution in [0.1, 0.15) is 16.9 Å². The SMILES string of the molecule is O=C(COc1ccccc1/C=C1\S/C(=N\N=C\c2ccccc2)N(Cc2ccco2)C1=O)Nc1ccc(Cl)cc1. The molecule has 0 radical (unpaired) electrons. The third-order valence-electron chi connectivity index (χ3n) is 5.62. The zero-order valence-electron chi connectivity index (χ0n) is 21.1. The van der Waals surface area contributed by atoms with E-state index in [1.54, 1.807) is 67.1 Å². The highest BCUT2D eigenvalue weighted by Crippen LogP contribution is 2.35. The van der Waals surface area contributed by atoms with Crippen molar-refractivity contribution in [2.24, 2.45) is 10.2 Å². The highest BCUT2D eigenvalue weighted by Gasteiger charge is 2.34. The number of para-hydroxylation sites is 1. The number of carbonyl (C=O) groups excluding carboxylic acids is 2. The molecule has 2 heterocycles. The molecule has 1 saturated heterocycles. The third kappa shape index (κ3) is 7.07. The van der Waals surface area contributed by atoms with Gasteiger partial charge in [-0.1, -0.05) is 60.1 Å². The molecule has 1 fully saturated rings. The van der Waals surface area contributed by atoms with Crippen LogP contribution < -0.4 is 10.1 Å². The Labute approximate surface area is 240 Å². The van der Waals surface area contributed by atoms with Crippen LogP contribution in [0.3, 0.4) is 0 Å². The first kappa shape index (κ1) is 27.0. The van der Waals surface area contributed by atoms with Crippen LogP contribution in [0.25, 0.3) is 6.08 Å². The Kier molecular flexibility index (Phi) is 8.75. The van der Waals surface area contributed by atoms with Crippen LogP contribution in [-0.4, -0.2) is 34.7 Å². The van der Waals surface area contributed by atoms with Crippen molar-refractivity contribution in [1.82, 2.24) is 4.90 Å². The molecule has 1 aliphatic heterocycles. The lowest BCUT2D eigenvalue weighted by atomic mass is 10.2. The summed E-state index contributed by atoms with van der Waals surface area (Å²) in [7, 11) is 0. The van der Waals surface area contributed by atoms with E-state index in [9.17, 15) is 9.59 Å². The summed E-state index contributed by atoms with van der Waals surface area (Å²) in [5.74, 6) is 0.502. The largest absolute Gasteiger partial charge is 0.483 e. The molecule has 1 aromatic heterocycles. The molecule has 40 heavy (non-hydrogen) atoms. The number of carbonyl (C=O) groups is 2. The zero-order valence-corrected chi connectivity index (χ0v) is 22.6. The van der Waals surface area contributed by atoms with Gasteiger partial charge in [0.05, 0.1) is 23.9 Å². The second-order valence-electron chi connectivity index (χ2n) is 8.50. The van der Waals surface area contributed by atoms with Gasteiger partial charge in [0.2, 0.25) is 0 Å².